The van der Waals surface area contributed by atoms with Crippen LogP contribution in [0, 0.1) is 17.8 Å². The fourth-order valence-corrected chi connectivity index (χ4v) is 6.44. The monoisotopic (exact) mass is 460 g/mol. The zero-order valence-electron chi connectivity index (χ0n) is 19.4. The lowest BCUT2D eigenvalue weighted by Crippen LogP contribution is -2.55. The van der Waals surface area contributed by atoms with Crippen molar-refractivity contribution in [3.05, 3.63) is 66.1 Å². The van der Waals surface area contributed by atoms with Crippen LogP contribution >= 0.6 is 0 Å². The quantitative estimate of drug-likeness (QED) is 0.701. The first-order valence-corrected chi connectivity index (χ1v) is 12.0. The molecule has 0 radical (unpaired) electrons. The number of hydrogen-bond acceptors (Lipinski definition) is 5. The molecule has 34 heavy (non-hydrogen) atoms. The highest BCUT2D eigenvalue weighted by molar-refractivity contribution is 6.00. The van der Waals surface area contributed by atoms with E-state index in [4.69, 9.17) is 9.15 Å². The molecule has 3 fully saturated rings. The lowest BCUT2D eigenvalue weighted by Gasteiger charge is -2.43. The molecular weight excluding hydrogens is 432 g/mol. The number of piperidine rings is 1. The van der Waals surface area contributed by atoms with Crippen LogP contribution in [0.1, 0.15) is 50.5 Å². The van der Waals surface area contributed by atoms with Crippen LogP contribution in [-0.4, -0.2) is 40.2 Å². The summed E-state index contributed by atoms with van der Waals surface area (Å²) in [4.78, 5) is 42.2. The Morgan fingerprint density at radius 1 is 1.18 bits per heavy atom. The first-order chi connectivity index (χ1) is 16.3. The molecule has 7 heteroatoms. The first kappa shape index (κ1) is 21.4. The van der Waals surface area contributed by atoms with Crippen LogP contribution in [0.15, 0.2) is 59.2 Å². The van der Waals surface area contributed by atoms with Crippen molar-refractivity contribution < 1.29 is 23.5 Å². The second-order valence-corrected chi connectivity index (χ2v) is 10.2. The van der Waals surface area contributed by atoms with Crippen molar-refractivity contribution in [3.8, 4) is 0 Å². The summed E-state index contributed by atoms with van der Waals surface area (Å²) in [6, 6.07) is 10.4. The van der Waals surface area contributed by atoms with Crippen molar-refractivity contribution in [2.75, 3.05) is 5.32 Å². The minimum atomic E-state index is -0.981. The lowest BCUT2D eigenvalue weighted by molar-refractivity contribution is -0.147. The molecule has 176 valence electrons. The molecular formula is C27H28N2O5. The third-order valence-corrected chi connectivity index (χ3v) is 8.10. The molecule has 5 unspecified atom stereocenters. The number of furan rings is 1. The average Bonchev–Trinajstić information content (AvgIpc) is 3.59. The highest BCUT2D eigenvalue weighted by atomic mass is 16.5. The molecule has 1 aromatic carbocycles. The molecule has 2 aromatic rings. The molecule has 5 heterocycles. The number of nitrogens with one attached hydrogen (secondary N) is 1. The zero-order valence-corrected chi connectivity index (χ0v) is 19.4. The van der Waals surface area contributed by atoms with Crippen LogP contribution in [0.3, 0.4) is 0 Å². The SMILES string of the molecule is CC(C)c1ccc(NC(=O)C2C3C(=O)N4C(c5ccco5)CC(=O)C(C)C4[C@]34C=C[C@@H]2O4)cc1. The van der Waals surface area contributed by atoms with E-state index in [-0.39, 0.29) is 24.0 Å². The van der Waals surface area contributed by atoms with Gasteiger partial charge in [0.05, 0.1) is 36.3 Å². The third-order valence-electron chi connectivity index (χ3n) is 8.10. The number of carbonyl (C=O) groups is 3. The maximum absolute atomic E-state index is 13.9. The number of ether oxygens (including phenoxy) is 1. The van der Waals surface area contributed by atoms with Gasteiger partial charge >= 0.3 is 0 Å². The molecule has 4 aliphatic rings. The van der Waals surface area contributed by atoms with Crippen LogP contribution < -0.4 is 5.32 Å². The van der Waals surface area contributed by atoms with E-state index in [2.05, 4.69) is 19.2 Å². The second kappa shape index (κ2) is 7.40. The summed E-state index contributed by atoms with van der Waals surface area (Å²) in [5.74, 6) is -1.05. The summed E-state index contributed by atoms with van der Waals surface area (Å²) in [6.07, 6.45) is 5.06. The van der Waals surface area contributed by atoms with Gasteiger partial charge in [0.2, 0.25) is 11.8 Å². The molecule has 1 spiro atoms. The predicted octanol–water partition coefficient (Wildman–Crippen LogP) is 3.84. The largest absolute Gasteiger partial charge is 0.467 e. The molecule has 3 saturated heterocycles. The molecule has 1 aromatic heterocycles. The molecule has 7 nitrogen and oxygen atoms in total. The van der Waals surface area contributed by atoms with Gasteiger partial charge in [0.1, 0.15) is 17.1 Å². The summed E-state index contributed by atoms with van der Waals surface area (Å²) in [7, 11) is 0. The highest BCUT2D eigenvalue weighted by Crippen LogP contribution is 2.60. The number of Topliss-reactive ketones (excluding diaryl/α,β-unsaturated/α-hetero) is 1. The van der Waals surface area contributed by atoms with E-state index in [0.29, 0.717) is 17.4 Å². The van der Waals surface area contributed by atoms with Crippen LogP contribution in [0.25, 0.3) is 0 Å². The van der Waals surface area contributed by atoms with Crippen molar-refractivity contribution in [3.63, 3.8) is 0 Å². The van der Waals surface area contributed by atoms with Gasteiger partial charge in [0.25, 0.3) is 0 Å². The van der Waals surface area contributed by atoms with Crippen molar-refractivity contribution in [1.29, 1.82) is 0 Å². The third kappa shape index (κ3) is 2.83. The summed E-state index contributed by atoms with van der Waals surface area (Å²) in [5, 5.41) is 3.00. The van der Waals surface area contributed by atoms with E-state index in [1.54, 1.807) is 23.3 Å². The topological polar surface area (TPSA) is 88.9 Å². The van der Waals surface area contributed by atoms with Crippen molar-refractivity contribution in [1.82, 2.24) is 4.90 Å². The van der Waals surface area contributed by atoms with Gasteiger partial charge in [-0.2, -0.15) is 0 Å². The standard InChI is InChI=1S/C27H28N2O5/c1-14(2)16-6-8-17(9-7-16)28-25(31)22-21-10-11-27(34-21)23(22)26(32)29-18(20-5-4-12-33-20)13-19(30)15(3)24(27)29/h4-12,14-15,18,21-24H,13H2,1-3H3,(H,28,31)/t15?,18?,21-,22?,23?,24?,27-/m0/s1. The number of anilines is 1. The molecule has 2 bridgehead atoms. The minimum Gasteiger partial charge on any atom is -0.467 e. The van der Waals surface area contributed by atoms with Crippen LogP contribution in [0.5, 0.6) is 0 Å². The molecule has 1 N–H and O–H groups in total. The van der Waals surface area contributed by atoms with Crippen LogP contribution in [-0.2, 0) is 19.1 Å². The number of rotatable bonds is 4. The van der Waals surface area contributed by atoms with Gasteiger partial charge in [-0.1, -0.05) is 45.1 Å². The van der Waals surface area contributed by atoms with Gasteiger partial charge in [-0.25, -0.2) is 0 Å². The van der Waals surface area contributed by atoms with Crippen molar-refractivity contribution >= 4 is 23.3 Å². The lowest BCUT2D eigenvalue weighted by atomic mass is 9.70. The average molecular weight is 461 g/mol. The summed E-state index contributed by atoms with van der Waals surface area (Å²) < 4.78 is 12.0. The number of hydrogen-bond donors (Lipinski definition) is 1. The Bertz CT molecular complexity index is 1180. The number of fused-ring (bicyclic) bond motifs is 2. The fourth-order valence-electron chi connectivity index (χ4n) is 6.44. The number of benzene rings is 1. The summed E-state index contributed by atoms with van der Waals surface area (Å²) in [6.45, 7) is 6.10. The molecule has 0 saturated carbocycles. The molecule has 7 atom stereocenters. The van der Waals surface area contributed by atoms with E-state index in [0.717, 1.165) is 0 Å². The first-order valence-electron chi connectivity index (χ1n) is 12.0. The Morgan fingerprint density at radius 3 is 2.62 bits per heavy atom. The van der Waals surface area contributed by atoms with Gasteiger partial charge in [0.15, 0.2) is 0 Å². The van der Waals surface area contributed by atoms with E-state index < -0.39 is 41.5 Å². The van der Waals surface area contributed by atoms with Gasteiger partial charge in [-0.3, -0.25) is 14.4 Å². The maximum Gasteiger partial charge on any atom is 0.231 e. The second-order valence-electron chi connectivity index (χ2n) is 10.2. The summed E-state index contributed by atoms with van der Waals surface area (Å²) >= 11 is 0. The molecule has 4 aliphatic heterocycles. The van der Waals surface area contributed by atoms with Gasteiger partial charge in [-0.05, 0) is 35.7 Å². The molecule has 0 aliphatic carbocycles. The van der Waals surface area contributed by atoms with Crippen molar-refractivity contribution in [2.45, 2.75) is 56.9 Å². The Balaban J connectivity index is 1.34. The predicted molar refractivity (Wildman–Crippen MR) is 124 cm³/mol. The Morgan fingerprint density at radius 2 is 1.94 bits per heavy atom. The van der Waals surface area contributed by atoms with Crippen LogP contribution in [0.2, 0.25) is 0 Å². The fraction of sp³-hybridized carbons (Fsp3) is 0.444. The zero-order chi connectivity index (χ0) is 23.8. The number of amides is 2. The Hall–Kier alpha value is -3.19. The molecule has 2 amide bonds. The van der Waals surface area contributed by atoms with E-state index in [9.17, 15) is 14.4 Å². The van der Waals surface area contributed by atoms with Gasteiger partial charge in [0, 0.05) is 18.0 Å². The normalized spacial score (nSPS) is 35.7. The smallest absolute Gasteiger partial charge is 0.231 e. The van der Waals surface area contributed by atoms with Crippen molar-refractivity contribution in [2.24, 2.45) is 17.8 Å². The van der Waals surface area contributed by atoms with Crippen LogP contribution in [0.4, 0.5) is 5.69 Å². The van der Waals surface area contributed by atoms with Gasteiger partial charge in [-0.15, -0.1) is 0 Å². The maximum atomic E-state index is 13.9. The van der Waals surface area contributed by atoms with Gasteiger partial charge < -0.3 is 19.4 Å². The highest BCUT2D eigenvalue weighted by Gasteiger charge is 2.74. The summed E-state index contributed by atoms with van der Waals surface area (Å²) in [5.41, 5.74) is 0.898. The van der Waals surface area contributed by atoms with E-state index >= 15 is 0 Å². The number of nitrogens with zero attached hydrogens (tertiary/aromatic N) is 1. The number of carbonyl (C=O) groups excluding carboxylic acids is 3. The van der Waals surface area contributed by atoms with E-state index in [1.807, 2.05) is 43.3 Å². The van der Waals surface area contributed by atoms with E-state index in [1.165, 1.54) is 5.56 Å². The Kier molecular flexibility index (Phi) is 4.65. The Labute approximate surface area is 198 Å². The minimum absolute atomic E-state index is 0.0732. The molecule has 6 rings (SSSR count). The number of ketones is 1.